The van der Waals surface area contributed by atoms with E-state index in [4.69, 9.17) is 18.6 Å². The van der Waals surface area contributed by atoms with Crippen LogP contribution in [0.5, 0.6) is 0 Å². The minimum absolute atomic E-state index is 0.0180. The van der Waals surface area contributed by atoms with Gasteiger partial charge in [0.2, 0.25) is 0 Å². The summed E-state index contributed by atoms with van der Waals surface area (Å²) in [5.41, 5.74) is -2.97. The van der Waals surface area contributed by atoms with E-state index in [0.717, 1.165) is 18.3 Å². The number of carbonyl (C=O) groups excluding carboxylic acids is 1. The van der Waals surface area contributed by atoms with Crippen molar-refractivity contribution in [2.45, 2.75) is 100 Å². The lowest BCUT2D eigenvalue weighted by atomic mass is 9.40. The van der Waals surface area contributed by atoms with E-state index in [1.165, 1.54) is 12.3 Å². The predicted molar refractivity (Wildman–Crippen MR) is 117 cm³/mol. The third-order valence-corrected chi connectivity index (χ3v) is 10.9. The summed E-state index contributed by atoms with van der Waals surface area (Å²) in [6.07, 6.45) is 5.74. The van der Waals surface area contributed by atoms with Crippen molar-refractivity contribution in [1.82, 2.24) is 0 Å². The molecule has 11 unspecified atom stereocenters. The molecule has 0 radical (unpaired) electrons. The van der Waals surface area contributed by atoms with Crippen LogP contribution in [0.2, 0.25) is 0 Å². The Bertz CT molecular complexity index is 1100. The van der Waals surface area contributed by atoms with Crippen LogP contribution < -0.4 is 5.63 Å². The Kier molecular flexibility index (Phi) is 4.08. The van der Waals surface area contributed by atoms with Crippen LogP contribution in [0.15, 0.2) is 27.6 Å². The van der Waals surface area contributed by atoms with E-state index in [2.05, 4.69) is 0 Å². The lowest BCUT2D eigenvalue weighted by Gasteiger charge is -2.73. The van der Waals surface area contributed by atoms with Gasteiger partial charge in [-0.15, -0.1) is 0 Å². The Morgan fingerprint density at radius 1 is 1.09 bits per heavy atom. The Labute approximate surface area is 197 Å². The van der Waals surface area contributed by atoms with Gasteiger partial charge in [0.15, 0.2) is 0 Å². The molecule has 1 spiro atoms. The Hall–Kier alpha value is -1.58. The SMILES string of the molecule is CC12OC3CC(O1)C1(C=O)C4CCC5(C)C(c6ccc(=O)oc6)C(O)CC5(O)C4CCC1(C3)O2. The number of ether oxygens (including phenoxy) is 3. The molecule has 4 saturated carbocycles. The largest absolute Gasteiger partial charge is 0.431 e. The number of rotatable bonds is 2. The number of hydrogen-bond acceptors (Lipinski definition) is 8. The van der Waals surface area contributed by atoms with Gasteiger partial charge >= 0.3 is 5.63 Å². The molecule has 8 rings (SSSR count). The quantitative estimate of drug-likeness (QED) is 0.630. The summed E-state index contributed by atoms with van der Waals surface area (Å²) < 4.78 is 23.9. The standard InChI is InChI=1S/C26H32O8/c1-22-7-5-16-17(26(22,30)11-18(28)21(22)14-3-4-20(29)31-12-14)6-8-24-10-15-9-19(25(16,24)13-27)33-23(2,32-15)34-24/h3-4,12-13,15-19,21,28,30H,5-11H2,1-2H3. The summed E-state index contributed by atoms with van der Waals surface area (Å²) in [7, 11) is 0. The Morgan fingerprint density at radius 3 is 2.59 bits per heavy atom. The third kappa shape index (κ3) is 2.28. The van der Waals surface area contributed by atoms with E-state index < -0.39 is 39.7 Å². The lowest BCUT2D eigenvalue weighted by molar-refractivity contribution is -0.542. The van der Waals surface area contributed by atoms with E-state index in [1.54, 1.807) is 13.0 Å². The predicted octanol–water partition coefficient (Wildman–Crippen LogP) is 2.25. The van der Waals surface area contributed by atoms with Crippen LogP contribution in [0.4, 0.5) is 0 Å². The molecular weight excluding hydrogens is 440 g/mol. The molecule has 4 heterocycles. The summed E-state index contributed by atoms with van der Waals surface area (Å²) in [6.45, 7) is 3.85. The first-order chi connectivity index (χ1) is 16.1. The summed E-state index contributed by atoms with van der Waals surface area (Å²) >= 11 is 0. The van der Waals surface area contributed by atoms with E-state index in [1.807, 2.05) is 6.92 Å². The van der Waals surface area contributed by atoms with Crippen molar-refractivity contribution < 1.29 is 33.6 Å². The molecule has 7 aliphatic rings. The smallest absolute Gasteiger partial charge is 0.335 e. The van der Waals surface area contributed by atoms with Gasteiger partial charge in [-0.25, -0.2) is 4.79 Å². The lowest BCUT2D eigenvalue weighted by Crippen LogP contribution is -2.81. The Balaban J connectivity index is 1.32. The highest BCUT2D eigenvalue weighted by Gasteiger charge is 2.79. The van der Waals surface area contributed by atoms with Crippen molar-refractivity contribution in [3.8, 4) is 0 Å². The maximum atomic E-state index is 13.1. The molecule has 34 heavy (non-hydrogen) atoms. The zero-order valence-corrected chi connectivity index (χ0v) is 19.6. The van der Waals surface area contributed by atoms with Crippen LogP contribution in [-0.2, 0) is 19.0 Å². The van der Waals surface area contributed by atoms with Crippen LogP contribution in [0.3, 0.4) is 0 Å². The second kappa shape index (κ2) is 6.40. The van der Waals surface area contributed by atoms with Gasteiger partial charge in [-0.05, 0) is 49.1 Å². The fourth-order valence-electron chi connectivity index (χ4n) is 9.77. The van der Waals surface area contributed by atoms with E-state index in [-0.39, 0.29) is 36.4 Å². The molecule has 184 valence electrons. The number of aliphatic hydroxyl groups excluding tert-OH is 1. The van der Waals surface area contributed by atoms with Crippen LogP contribution in [0, 0.1) is 22.7 Å². The summed E-state index contributed by atoms with van der Waals surface area (Å²) in [4.78, 5) is 24.6. The zero-order chi connectivity index (χ0) is 23.7. The fraction of sp³-hybridized carbons (Fsp3) is 0.769. The molecule has 3 saturated heterocycles. The average Bonchev–Trinajstić information content (AvgIpc) is 2.98. The number of aliphatic hydroxyl groups is 2. The summed E-state index contributed by atoms with van der Waals surface area (Å²) in [5.74, 6) is -1.75. The van der Waals surface area contributed by atoms with Crippen molar-refractivity contribution in [3.63, 3.8) is 0 Å². The van der Waals surface area contributed by atoms with Crippen LogP contribution in [-0.4, -0.2) is 52.0 Å². The highest BCUT2D eigenvalue weighted by Crippen LogP contribution is 2.74. The number of hydrogen-bond donors (Lipinski definition) is 2. The molecule has 3 aliphatic heterocycles. The van der Waals surface area contributed by atoms with Crippen LogP contribution >= 0.6 is 0 Å². The maximum Gasteiger partial charge on any atom is 0.335 e. The molecule has 8 heteroatoms. The number of fused-ring (bicyclic) bond motifs is 3. The van der Waals surface area contributed by atoms with Gasteiger partial charge in [-0.3, -0.25) is 0 Å². The molecule has 7 fully saturated rings. The fourth-order valence-corrected chi connectivity index (χ4v) is 9.77. The van der Waals surface area contributed by atoms with Gasteiger partial charge in [-0.2, -0.15) is 0 Å². The summed E-state index contributed by atoms with van der Waals surface area (Å²) in [6, 6.07) is 3.07. The number of aldehydes is 1. The van der Waals surface area contributed by atoms with Crippen molar-refractivity contribution >= 4 is 6.29 Å². The molecular formula is C26H32O8. The van der Waals surface area contributed by atoms with Crippen molar-refractivity contribution in [1.29, 1.82) is 0 Å². The average molecular weight is 473 g/mol. The van der Waals surface area contributed by atoms with Gasteiger partial charge in [0.25, 0.3) is 5.97 Å². The maximum absolute atomic E-state index is 13.1. The minimum atomic E-state index is -1.16. The normalized spacial score (nSPS) is 57.1. The monoisotopic (exact) mass is 472 g/mol. The highest BCUT2D eigenvalue weighted by atomic mass is 16.9. The topological polar surface area (TPSA) is 115 Å². The van der Waals surface area contributed by atoms with Crippen LogP contribution in [0.25, 0.3) is 0 Å². The van der Waals surface area contributed by atoms with Crippen LogP contribution in [0.1, 0.15) is 70.3 Å². The van der Waals surface area contributed by atoms with Gasteiger partial charge in [0.1, 0.15) is 6.29 Å². The zero-order valence-electron chi connectivity index (χ0n) is 19.6. The first-order valence-corrected chi connectivity index (χ1v) is 12.6. The van der Waals surface area contributed by atoms with Gasteiger partial charge in [-0.1, -0.05) is 6.92 Å². The molecule has 1 aromatic rings. The van der Waals surface area contributed by atoms with Crippen molar-refractivity contribution in [2.75, 3.05) is 0 Å². The Morgan fingerprint density at radius 2 is 1.88 bits per heavy atom. The van der Waals surface area contributed by atoms with Gasteiger partial charge in [0.05, 0.1) is 41.2 Å². The molecule has 8 nitrogen and oxygen atoms in total. The van der Waals surface area contributed by atoms with E-state index >= 15 is 0 Å². The minimum Gasteiger partial charge on any atom is -0.431 e. The highest BCUT2D eigenvalue weighted by molar-refractivity contribution is 5.66. The van der Waals surface area contributed by atoms with Crippen molar-refractivity contribution in [3.05, 3.63) is 34.4 Å². The molecule has 4 bridgehead atoms. The summed E-state index contributed by atoms with van der Waals surface area (Å²) in [5, 5.41) is 23.7. The van der Waals surface area contributed by atoms with Gasteiger partial charge in [0, 0.05) is 43.6 Å². The second-order valence-corrected chi connectivity index (χ2v) is 12.1. The molecule has 2 N–H and O–H groups in total. The molecule has 0 amide bonds. The second-order valence-electron chi connectivity index (χ2n) is 12.1. The van der Waals surface area contributed by atoms with Gasteiger partial charge < -0.3 is 33.6 Å². The number of carbonyl (C=O) groups is 1. The third-order valence-electron chi connectivity index (χ3n) is 10.9. The molecule has 11 atom stereocenters. The van der Waals surface area contributed by atoms with E-state index in [0.29, 0.717) is 32.1 Å². The molecule has 4 aliphatic carbocycles. The first-order valence-electron chi connectivity index (χ1n) is 12.6. The van der Waals surface area contributed by atoms with Crippen molar-refractivity contribution in [2.24, 2.45) is 22.7 Å². The molecule has 0 aromatic carbocycles. The molecule has 1 aromatic heterocycles. The van der Waals surface area contributed by atoms with E-state index in [9.17, 15) is 19.8 Å². The first kappa shape index (κ1) is 21.7.